The number of anilines is 1. The van der Waals surface area contributed by atoms with Gasteiger partial charge in [-0.05, 0) is 55.6 Å². The molecule has 0 atom stereocenters. The Kier molecular flexibility index (Phi) is 7.16. The summed E-state index contributed by atoms with van der Waals surface area (Å²) in [5.74, 6) is 0.743. The zero-order chi connectivity index (χ0) is 23.2. The molecular formula is C23H23N5O3S2. The number of thiophene rings is 1. The molecule has 0 unspecified atom stereocenters. The highest BCUT2D eigenvalue weighted by molar-refractivity contribution is 7.23. The first-order valence-corrected chi connectivity index (χ1v) is 12.1. The first kappa shape index (κ1) is 22.7. The van der Waals surface area contributed by atoms with Gasteiger partial charge in [0, 0.05) is 18.3 Å². The predicted molar refractivity (Wildman–Crippen MR) is 132 cm³/mol. The number of nitrogens with one attached hydrogen (secondary N) is 2. The summed E-state index contributed by atoms with van der Waals surface area (Å²) in [5.41, 5.74) is 1.98. The molecule has 0 saturated carbocycles. The minimum atomic E-state index is -0.359. The fourth-order valence-electron chi connectivity index (χ4n) is 3.12. The molecule has 0 fully saturated rings. The maximum Gasteiger partial charge on any atom is 0.319 e. The van der Waals surface area contributed by atoms with Crippen LogP contribution in [-0.2, 0) is 6.54 Å². The molecule has 2 N–H and O–H groups in total. The Morgan fingerprint density at radius 3 is 2.70 bits per heavy atom. The van der Waals surface area contributed by atoms with Crippen molar-refractivity contribution in [1.82, 2.24) is 20.1 Å². The Bertz CT molecular complexity index is 1280. The highest BCUT2D eigenvalue weighted by Crippen LogP contribution is 2.35. The maximum absolute atomic E-state index is 12.3. The third kappa shape index (κ3) is 5.65. The van der Waals surface area contributed by atoms with Crippen LogP contribution < -0.4 is 20.9 Å². The van der Waals surface area contributed by atoms with E-state index in [2.05, 4.69) is 20.7 Å². The first-order chi connectivity index (χ1) is 16.0. The number of carbonyl (C=O) groups is 1. The van der Waals surface area contributed by atoms with Gasteiger partial charge in [0.15, 0.2) is 0 Å². The van der Waals surface area contributed by atoms with E-state index in [9.17, 15) is 9.59 Å². The summed E-state index contributed by atoms with van der Waals surface area (Å²) < 4.78 is 6.75. The van der Waals surface area contributed by atoms with Crippen molar-refractivity contribution in [3.63, 3.8) is 0 Å². The number of benzene rings is 1. The van der Waals surface area contributed by atoms with E-state index in [-0.39, 0.29) is 24.7 Å². The quantitative estimate of drug-likeness (QED) is 0.383. The van der Waals surface area contributed by atoms with Gasteiger partial charge >= 0.3 is 6.03 Å². The molecule has 0 aliphatic rings. The zero-order valence-electron chi connectivity index (χ0n) is 18.2. The van der Waals surface area contributed by atoms with E-state index in [4.69, 9.17) is 4.74 Å². The number of urea groups is 1. The minimum Gasteiger partial charge on any atom is -0.494 e. The summed E-state index contributed by atoms with van der Waals surface area (Å²) in [5, 5.41) is 13.0. The van der Waals surface area contributed by atoms with E-state index in [0.717, 1.165) is 26.2 Å². The lowest BCUT2D eigenvalue weighted by molar-refractivity contribution is 0.251. The lowest BCUT2D eigenvalue weighted by atomic mass is 10.3. The van der Waals surface area contributed by atoms with Crippen molar-refractivity contribution in [2.45, 2.75) is 20.4 Å². The van der Waals surface area contributed by atoms with Gasteiger partial charge in [0.2, 0.25) is 0 Å². The normalized spacial score (nSPS) is 10.7. The van der Waals surface area contributed by atoms with E-state index >= 15 is 0 Å². The van der Waals surface area contributed by atoms with Crippen LogP contribution in [0, 0.1) is 6.92 Å². The summed E-state index contributed by atoms with van der Waals surface area (Å²) >= 11 is 3.19. The van der Waals surface area contributed by atoms with Crippen LogP contribution in [0.15, 0.2) is 58.7 Å². The Balaban J connectivity index is 1.38. The van der Waals surface area contributed by atoms with E-state index in [0.29, 0.717) is 18.0 Å². The number of amides is 2. The van der Waals surface area contributed by atoms with Gasteiger partial charge in [-0.1, -0.05) is 6.07 Å². The number of rotatable bonds is 8. The van der Waals surface area contributed by atoms with Crippen LogP contribution in [0.3, 0.4) is 0 Å². The van der Waals surface area contributed by atoms with Crippen molar-refractivity contribution in [3.05, 3.63) is 70.0 Å². The number of aryl methyl sites for hydroxylation is 1. The minimum absolute atomic E-state index is 0.229. The lowest BCUT2D eigenvalue weighted by Gasteiger charge is -2.10. The van der Waals surface area contributed by atoms with Crippen LogP contribution in [0.5, 0.6) is 5.75 Å². The number of hydrogen-bond donors (Lipinski definition) is 2. The van der Waals surface area contributed by atoms with Crippen molar-refractivity contribution in [2.24, 2.45) is 0 Å². The first-order valence-electron chi connectivity index (χ1n) is 10.4. The molecule has 0 saturated heterocycles. The van der Waals surface area contributed by atoms with Crippen molar-refractivity contribution in [3.8, 4) is 26.2 Å². The fourth-order valence-corrected chi connectivity index (χ4v) is 4.95. The van der Waals surface area contributed by atoms with Crippen molar-refractivity contribution < 1.29 is 9.53 Å². The largest absolute Gasteiger partial charge is 0.494 e. The van der Waals surface area contributed by atoms with Crippen LogP contribution in [0.4, 0.5) is 10.5 Å². The second-order valence-corrected chi connectivity index (χ2v) is 8.98. The van der Waals surface area contributed by atoms with Crippen LogP contribution in [-0.4, -0.2) is 33.9 Å². The van der Waals surface area contributed by atoms with Crippen LogP contribution >= 0.6 is 22.7 Å². The molecule has 0 aliphatic heterocycles. The summed E-state index contributed by atoms with van der Waals surface area (Å²) in [4.78, 5) is 31.1. The van der Waals surface area contributed by atoms with Gasteiger partial charge in [-0.2, -0.15) is 5.10 Å². The van der Waals surface area contributed by atoms with Gasteiger partial charge in [-0.3, -0.25) is 4.79 Å². The molecule has 0 radical (unpaired) electrons. The third-order valence-corrected chi connectivity index (χ3v) is 6.88. The fraction of sp³-hybridized carbons (Fsp3) is 0.217. The molecule has 0 bridgehead atoms. The summed E-state index contributed by atoms with van der Waals surface area (Å²) in [6.07, 6.45) is 0. The molecule has 8 nitrogen and oxygen atoms in total. The van der Waals surface area contributed by atoms with E-state index < -0.39 is 0 Å². The molecule has 4 rings (SSSR count). The number of aromatic nitrogens is 3. The molecule has 0 spiro atoms. The molecule has 10 heteroatoms. The second-order valence-electron chi connectivity index (χ2n) is 7.03. The van der Waals surface area contributed by atoms with Crippen molar-refractivity contribution in [1.29, 1.82) is 0 Å². The standard InChI is InChI=1S/C23H23N5O3S2/c1-3-31-17-8-6-16(7-9-17)26-23(30)24-12-13-28-20(29)11-10-18(27-28)21-15(2)25-22(33-21)19-5-4-14-32-19/h4-11,14H,3,12-13H2,1-2H3,(H2,24,26,30). The lowest BCUT2D eigenvalue weighted by Crippen LogP contribution is -2.34. The number of carbonyl (C=O) groups excluding carboxylic acids is 1. The van der Waals surface area contributed by atoms with E-state index in [1.807, 2.05) is 31.4 Å². The Morgan fingerprint density at radius 1 is 1.15 bits per heavy atom. The average Bonchev–Trinajstić information content (AvgIpc) is 3.47. The zero-order valence-corrected chi connectivity index (χ0v) is 19.8. The number of hydrogen-bond acceptors (Lipinski definition) is 7. The molecule has 2 amide bonds. The average molecular weight is 482 g/mol. The van der Waals surface area contributed by atoms with E-state index in [1.54, 1.807) is 53.0 Å². The Hall–Kier alpha value is -3.50. The number of nitrogens with zero attached hydrogens (tertiary/aromatic N) is 3. The predicted octanol–water partition coefficient (Wildman–Crippen LogP) is 4.62. The monoisotopic (exact) mass is 481 g/mol. The van der Waals surface area contributed by atoms with Gasteiger partial charge in [-0.25, -0.2) is 14.5 Å². The van der Waals surface area contributed by atoms with Gasteiger partial charge in [0.05, 0.1) is 28.6 Å². The highest BCUT2D eigenvalue weighted by atomic mass is 32.1. The van der Waals surface area contributed by atoms with Gasteiger partial charge < -0.3 is 15.4 Å². The summed E-state index contributed by atoms with van der Waals surface area (Å²) in [6.45, 7) is 4.93. The molecule has 3 aromatic heterocycles. The van der Waals surface area contributed by atoms with Crippen molar-refractivity contribution in [2.75, 3.05) is 18.5 Å². The van der Waals surface area contributed by atoms with Crippen LogP contribution in [0.25, 0.3) is 20.5 Å². The molecular weight excluding hydrogens is 458 g/mol. The van der Waals surface area contributed by atoms with Crippen LogP contribution in [0.1, 0.15) is 12.6 Å². The highest BCUT2D eigenvalue weighted by Gasteiger charge is 2.14. The van der Waals surface area contributed by atoms with Crippen molar-refractivity contribution >= 4 is 34.4 Å². The summed E-state index contributed by atoms with van der Waals surface area (Å²) in [7, 11) is 0. The molecule has 170 valence electrons. The van der Waals surface area contributed by atoms with Gasteiger partial charge in [0.1, 0.15) is 16.5 Å². The molecule has 4 aromatic rings. The third-order valence-electron chi connectivity index (χ3n) is 4.66. The Morgan fingerprint density at radius 2 is 1.97 bits per heavy atom. The molecule has 1 aromatic carbocycles. The Labute approximate surface area is 198 Å². The second kappa shape index (κ2) is 10.4. The summed E-state index contributed by atoms with van der Waals surface area (Å²) in [6, 6.07) is 14.0. The van der Waals surface area contributed by atoms with Gasteiger partial charge in [-0.15, -0.1) is 22.7 Å². The van der Waals surface area contributed by atoms with Gasteiger partial charge in [0.25, 0.3) is 5.56 Å². The SMILES string of the molecule is CCOc1ccc(NC(=O)NCCn2nc(-c3sc(-c4cccs4)nc3C)ccc2=O)cc1. The smallest absolute Gasteiger partial charge is 0.319 e. The molecule has 33 heavy (non-hydrogen) atoms. The van der Waals surface area contributed by atoms with Crippen LogP contribution in [0.2, 0.25) is 0 Å². The maximum atomic E-state index is 12.3. The van der Waals surface area contributed by atoms with E-state index in [1.165, 1.54) is 10.7 Å². The topological polar surface area (TPSA) is 98.1 Å². The number of ether oxygens (including phenoxy) is 1. The molecule has 3 heterocycles. The number of thiazole rings is 1. The molecule has 0 aliphatic carbocycles.